The molecule has 17 heavy (non-hydrogen) atoms. The van der Waals surface area contributed by atoms with Crippen LogP contribution in [0.1, 0.15) is 13.3 Å². The molecule has 4 nitrogen and oxygen atoms in total. The first kappa shape index (κ1) is 12.5. The molecule has 0 aliphatic heterocycles. The second-order valence-electron chi connectivity index (χ2n) is 3.91. The molecule has 2 rings (SSSR count). The number of aromatic nitrogens is 2. The fourth-order valence-corrected chi connectivity index (χ4v) is 2.42. The third-order valence-corrected chi connectivity index (χ3v) is 3.46. The summed E-state index contributed by atoms with van der Waals surface area (Å²) >= 11 is 2.28. The topological polar surface area (TPSA) is 58.0 Å². The van der Waals surface area contributed by atoms with Gasteiger partial charge in [-0.05, 0) is 48.1 Å². The molecule has 0 amide bonds. The van der Waals surface area contributed by atoms with Crippen molar-refractivity contribution in [1.29, 1.82) is 0 Å². The molecule has 0 fully saturated rings. The molecule has 1 aromatic heterocycles. The monoisotopic (exact) mass is 343 g/mol. The number of anilines is 1. The van der Waals surface area contributed by atoms with Crippen LogP contribution in [-0.4, -0.2) is 27.7 Å². The van der Waals surface area contributed by atoms with Gasteiger partial charge in [0.25, 0.3) is 0 Å². The molecule has 0 spiro atoms. The Kier molecular flexibility index (Phi) is 4.11. The standard InChI is InChI=1S/C12H14IN3O/c1-8(5-6-17)16-12-11-9(13)3-2-4-10(11)14-7-15-12/h2-4,7-8,17H,5-6H2,1H3,(H,14,15,16)/t8-/m1/s1. The predicted octanol–water partition coefficient (Wildman–Crippen LogP) is 2.42. The zero-order chi connectivity index (χ0) is 12.3. The average molecular weight is 343 g/mol. The van der Waals surface area contributed by atoms with Gasteiger partial charge < -0.3 is 10.4 Å². The quantitative estimate of drug-likeness (QED) is 0.838. The van der Waals surface area contributed by atoms with Gasteiger partial charge in [-0.25, -0.2) is 9.97 Å². The molecule has 0 saturated heterocycles. The Balaban J connectivity index is 2.40. The first-order valence-corrected chi connectivity index (χ1v) is 6.57. The lowest BCUT2D eigenvalue weighted by Gasteiger charge is -2.15. The van der Waals surface area contributed by atoms with E-state index in [0.717, 1.165) is 20.3 Å². The van der Waals surface area contributed by atoms with Crippen molar-refractivity contribution < 1.29 is 5.11 Å². The summed E-state index contributed by atoms with van der Waals surface area (Å²) in [6.07, 6.45) is 2.27. The number of aliphatic hydroxyl groups excluding tert-OH is 1. The highest BCUT2D eigenvalue weighted by molar-refractivity contribution is 14.1. The molecule has 0 aliphatic rings. The lowest BCUT2D eigenvalue weighted by molar-refractivity contribution is 0.282. The number of nitrogens with zero attached hydrogens (tertiary/aromatic N) is 2. The number of hydrogen-bond acceptors (Lipinski definition) is 4. The Labute approximate surface area is 114 Å². The summed E-state index contributed by atoms with van der Waals surface area (Å²) in [7, 11) is 0. The molecule has 0 radical (unpaired) electrons. The number of aliphatic hydroxyl groups is 1. The summed E-state index contributed by atoms with van der Waals surface area (Å²) in [6.45, 7) is 2.20. The van der Waals surface area contributed by atoms with E-state index in [1.165, 1.54) is 0 Å². The van der Waals surface area contributed by atoms with Gasteiger partial charge >= 0.3 is 0 Å². The summed E-state index contributed by atoms with van der Waals surface area (Å²) in [6, 6.07) is 6.18. The molecule has 1 atom stereocenters. The van der Waals surface area contributed by atoms with Crippen molar-refractivity contribution in [2.75, 3.05) is 11.9 Å². The van der Waals surface area contributed by atoms with Crippen molar-refractivity contribution >= 4 is 39.3 Å². The number of nitrogens with one attached hydrogen (secondary N) is 1. The van der Waals surface area contributed by atoms with E-state index in [4.69, 9.17) is 5.11 Å². The van der Waals surface area contributed by atoms with Crippen molar-refractivity contribution in [1.82, 2.24) is 9.97 Å². The molecule has 2 N–H and O–H groups in total. The fourth-order valence-electron chi connectivity index (χ4n) is 1.68. The Morgan fingerprint density at radius 2 is 2.24 bits per heavy atom. The maximum Gasteiger partial charge on any atom is 0.138 e. The Bertz CT molecular complexity index is 513. The van der Waals surface area contributed by atoms with Gasteiger partial charge in [-0.2, -0.15) is 0 Å². The van der Waals surface area contributed by atoms with Gasteiger partial charge in [-0.3, -0.25) is 0 Å². The molecule has 1 heterocycles. The van der Waals surface area contributed by atoms with Crippen LogP contribution in [0.4, 0.5) is 5.82 Å². The minimum atomic E-state index is 0.175. The Morgan fingerprint density at radius 1 is 1.41 bits per heavy atom. The van der Waals surface area contributed by atoms with E-state index in [-0.39, 0.29) is 12.6 Å². The van der Waals surface area contributed by atoms with Crippen molar-refractivity contribution in [3.05, 3.63) is 28.1 Å². The number of benzene rings is 1. The second-order valence-corrected chi connectivity index (χ2v) is 5.08. The van der Waals surface area contributed by atoms with Gasteiger partial charge in [0, 0.05) is 16.2 Å². The van der Waals surface area contributed by atoms with Crippen LogP contribution in [0, 0.1) is 3.57 Å². The maximum atomic E-state index is 8.91. The molecular formula is C12H14IN3O. The highest BCUT2D eigenvalue weighted by Crippen LogP contribution is 2.25. The van der Waals surface area contributed by atoms with Crippen LogP contribution < -0.4 is 5.32 Å². The number of hydrogen-bond donors (Lipinski definition) is 2. The van der Waals surface area contributed by atoms with Crippen molar-refractivity contribution in [2.24, 2.45) is 0 Å². The molecule has 0 bridgehead atoms. The van der Waals surface area contributed by atoms with Gasteiger partial charge in [0.05, 0.1) is 10.9 Å². The molecule has 2 aromatic rings. The summed E-state index contributed by atoms with van der Waals surface area (Å²) in [5.74, 6) is 0.834. The smallest absolute Gasteiger partial charge is 0.138 e. The van der Waals surface area contributed by atoms with Crippen LogP contribution >= 0.6 is 22.6 Å². The minimum absolute atomic E-state index is 0.175. The maximum absolute atomic E-state index is 8.91. The molecule has 0 aliphatic carbocycles. The summed E-state index contributed by atoms with van der Waals surface area (Å²) in [5, 5.41) is 13.3. The van der Waals surface area contributed by atoms with Crippen molar-refractivity contribution in [3.63, 3.8) is 0 Å². The SMILES string of the molecule is C[C@H](CCO)Nc1ncnc2cccc(I)c12. The van der Waals surface area contributed by atoms with E-state index in [1.807, 2.05) is 25.1 Å². The lowest BCUT2D eigenvalue weighted by atomic mass is 10.2. The van der Waals surface area contributed by atoms with Crippen LogP contribution in [0.5, 0.6) is 0 Å². The first-order valence-electron chi connectivity index (χ1n) is 5.49. The van der Waals surface area contributed by atoms with Gasteiger partial charge in [-0.1, -0.05) is 6.07 Å². The molecule has 90 valence electrons. The van der Waals surface area contributed by atoms with Crippen LogP contribution in [-0.2, 0) is 0 Å². The van der Waals surface area contributed by atoms with Gasteiger partial charge in [0.1, 0.15) is 12.1 Å². The Hall–Kier alpha value is -0.950. The molecule has 0 saturated carbocycles. The van der Waals surface area contributed by atoms with E-state index in [1.54, 1.807) is 6.33 Å². The van der Waals surface area contributed by atoms with E-state index >= 15 is 0 Å². The third kappa shape index (κ3) is 2.84. The first-order chi connectivity index (χ1) is 8.22. The molecule has 1 aromatic carbocycles. The molecular weight excluding hydrogens is 329 g/mol. The highest BCUT2D eigenvalue weighted by atomic mass is 127. The van der Waals surface area contributed by atoms with Crippen molar-refractivity contribution in [3.8, 4) is 0 Å². The van der Waals surface area contributed by atoms with E-state index in [2.05, 4.69) is 37.9 Å². The van der Waals surface area contributed by atoms with Gasteiger partial charge in [-0.15, -0.1) is 0 Å². The van der Waals surface area contributed by atoms with Crippen molar-refractivity contribution in [2.45, 2.75) is 19.4 Å². The largest absolute Gasteiger partial charge is 0.396 e. The van der Waals surface area contributed by atoms with E-state index < -0.39 is 0 Å². The zero-order valence-electron chi connectivity index (χ0n) is 9.52. The second kappa shape index (κ2) is 5.59. The highest BCUT2D eigenvalue weighted by Gasteiger charge is 2.09. The van der Waals surface area contributed by atoms with Gasteiger partial charge in [0.2, 0.25) is 0 Å². The normalized spacial score (nSPS) is 12.6. The van der Waals surface area contributed by atoms with Crippen LogP contribution in [0.2, 0.25) is 0 Å². The Morgan fingerprint density at radius 3 is 3.00 bits per heavy atom. The van der Waals surface area contributed by atoms with Gasteiger partial charge in [0.15, 0.2) is 0 Å². The summed E-state index contributed by atoms with van der Waals surface area (Å²) < 4.78 is 1.12. The number of rotatable bonds is 4. The van der Waals surface area contributed by atoms with E-state index in [0.29, 0.717) is 6.42 Å². The fraction of sp³-hybridized carbons (Fsp3) is 0.333. The molecule has 5 heteroatoms. The zero-order valence-corrected chi connectivity index (χ0v) is 11.7. The van der Waals surface area contributed by atoms with Crippen LogP contribution in [0.3, 0.4) is 0 Å². The predicted molar refractivity (Wildman–Crippen MR) is 77.0 cm³/mol. The lowest BCUT2D eigenvalue weighted by Crippen LogP contribution is -2.17. The van der Waals surface area contributed by atoms with Crippen LogP contribution in [0.15, 0.2) is 24.5 Å². The summed E-state index contributed by atoms with van der Waals surface area (Å²) in [5.41, 5.74) is 0.936. The number of halogens is 1. The number of fused-ring (bicyclic) bond motifs is 1. The molecule has 0 unspecified atom stereocenters. The van der Waals surface area contributed by atoms with Crippen LogP contribution in [0.25, 0.3) is 10.9 Å². The van der Waals surface area contributed by atoms with E-state index in [9.17, 15) is 0 Å². The summed E-state index contributed by atoms with van der Waals surface area (Å²) in [4.78, 5) is 8.53. The average Bonchev–Trinajstić information content (AvgIpc) is 2.29. The minimum Gasteiger partial charge on any atom is -0.396 e. The third-order valence-electron chi connectivity index (χ3n) is 2.56.